The number of amides is 1. The Kier molecular flexibility index (Phi) is 2.69. The Balaban J connectivity index is 2.78. The molecule has 0 saturated carbocycles. The van der Waals surface area contributed by atoms with Crippen LogP contribution in [0.3, 0.4) is 0 Å². The van der Waals surface area contributed by atoms with Crippen molar-refractivity contribution in [2.45, 2.75) is 6.92 Å². The van der Waals surface area contributed by atoms with Crippen LogP contribution in [0.25, 0.3) is 0 Å². The number of nitrogens with two attached hydrogens (primary N) is 1. The van der Waals surface area contributed by atoms with Crippen LogP contribution in [-0.2, 0) is 0 Å². The molecule has 3 heteroatoms. The molecule has 12 heavy (non-hydrogen) atoms. The average Bonchev–Trinajstić information content (AvgIpc) is 2.06. The zero-order chi connectivity index (χ0) is 8.97. The summed E-state index contributed by atoms with van der Waals surface area (Å²) in [5, 5.41) is 0. The Hall–Kier alpha value is -1.51. The molecule has 64 valence electrons. The van der Waals surface area contributed by atoms with Crippen LogP contribution in [-0.4, -0.2) is 12.5 Å². The largest absolute Gasteiger partial charge is 0.494 e. The van der Waals surface area contributed by atoms with Crippen molar-refractivity contribution in [2.75, 3.05) is 6.61 Å². The molecule has 0 saturated heterocycles. The van der Waals surface area contributed by atoms with Gasteiger partial charge in [0.2, 0.25) is 5.91 Å². The highest BCUT2D eigenvalue weighted by atomic mass is 16.5. The van der Waals surface area contributed by atoms with E-state index in [0.29, 0.717) is 12.2 Å². The van der Waals surface area contributed by atoms with Crippen LogP contribution in [0.15, 0.2) is 24.3 Å². The lowest BCUT2D eigenvalue weighted by molar-refractivity contribution is 0.100. The number of benzene rings is 1. The minimum absolute atomic E-state index is 0.418. The summed E-state index contributed by atoms with van der Waals surface area (Å²) in [7, 11) is 0. The summed E-state index contributed by atoms with van der Waals surface area (Å²) in [6.45, 7) is 2.53. The summed E-state index contributed by atoms with van der Waals surface area (Å²) >= 11 is 0. The van der Waals surface area contributed by atoms with Crippen LogP contribution in [0.5, 0.6) is 5.75 Å². The predicted octanol–water partition coefficient (Wildman–Crippen LogP) is 1.18. The molecule has 1 amide bonds. The first-order valence-corrected chi connectivity index (χ1v) is 3.76. The minimum atomic E-state index is -0.418. The fourth-order valence-electron chi connectivity index (χ4n) is 0.882. The van der Waals surface area contributed by atoms with Gasteiger partial charge in [0.1, 0.15) is 5.75 Å². The van der Waals surface area contributed by atoms with Gasteiger partial charge in [0, 0.05) is 5.56 Å². The van der Waals surface area contributed by atoms with Gasteiger partial charge in [-0.3, -0.25) is 4.79 Å². The second-order valence-electron chi connectivity index (χ2n) is 2.32. The number of hydrogen-bond donors (Lipinski definition) is 1. The first kappa shape index (κ1) is 8.59. The fourth-order valence-corrected chi connectivity index (χ4v) is 0.882. The summed E-state index contributed by atoms with van der Waals surface area (Å²) < 4.78 is 5.19. The number of carbonyl (C=O) groups is 1. The van der Waals surface area contributed by atoms with E-state index in [1.807, 2.05) is 6.92 Å². The third-order valence-corrected chi connectivity index (χ3v) is 1.45. The number of rotatable bonds is 3. The SMILES string of the molecule is CCOc1ccc([13C](N)=O)cc1. The van der Waals surface area contributed by atoms with Gasteiger partial charge in [0.15, 0.2) is 0 Å². The topological polar surface area (TPSA) is 52.3 Å². The van der Waals surface area contributed by atoms with E-state index in [1.165, 1.54) is 0 Å². The molecule has 0 aliphatic rings. The lowest BCUT2D eigenvalue weighted by Crippen LogP contribution is -2.10. The van der Waals surface area contributed by atoms with Gasteiger partial charge in [-0.25, -0.2) is 0 Å². The quantitative estimate of drug-likeness (QED) is 0.685. The molecule has 0 unspecified atom stereocenters. The lowest BCUT2D eigenvalue weighted by Gasteiger charge is -2.02. The predicted molar refractivity (Wildman–Crippen MR) is 46.1 cm³/mol. The van der Waals surface area contributed by atoms with Gasteiger partial charge in [0.05, 0.1) is 6.61 Å². The van der Waals surface area contributed by atoms with Gasteiger partial charge in [0.25, 0.3) is 0 Å². The molecular formula is C9H11NO2. The molecule has 1 rings (SSSR count). The van der Waals surface area contributed by atoms with Crippen molar-refractivity contribution < 1.29 is 9.53 Å². The van der Waals surface area contributed by atoms with Crippen molar-refractivity contribution in [1.29, 1.82) is 0 Å². The number of primary amides is 1. The molecule has 0 aromatic heterocycles. The van der Waals surface area contributed by atoms with Crippen LogP contribution in [0.4, 0.5) is 0 Å². The third kappa shape index (κ3) is 1.99. The van der Waals surface area contributed by atoms with Crippen LogP contribution in [0, 0.1) is 0 Å². The van der Waals surface area contributed by atoms with E-state index in [9.17, 15) is 4.79 Å². The molecule has 3 nitrogen and oxygen atoms in total. The van der Waals surface area contributed by atoms with Gasteiger partial charge in [-0.2, -0.15) is 0 Å². The molecule has 0 heterocycles. The standard InChI is InChI=1S/C9H11NO2/c1-2-12-8-5-3-7(4-6-8)9(10)11/h3-6H,2H2,1H3,(H2,10,11)/i9+1. The van der Waals surface area contributed by atoms with E-state index in [4.69, 9.17) is 10.5 Å². The molecule has 0 spiro atoms. The van der Waals surface area contributed by atoms with Crippen LogP contribution in [0.2, 0.25) is 0 Å². The highest BCUT2D eigenvalue weighted by Crippen LogP contribution is 2.11. The molecule has 0 fully saturated rings. The zero-order valence-electron chi connectivity index (χ0n) is 6.91. The summed E-state index contributed by atoms with van der Waals surface area (Å²) in [5.74, 6) is 0.334. The molecule has 0 atom stereocenters. The van der Waals surface area contributed by atoms with Gasteiger partial charge >= 0.3 is 0 Å². The van der Waals surface area contributed by atoms with Crippen molar-refractivity contribution in [1.82, 2.24) is 0 Å². The number of ether oxygens (including phenoxy) is 1. The molecule has 0 bridgehead atoms. The lowest BCUT2D eigenvalue weighted by atomic mass is 10.3. The van der Waals surface area contributed by atoms with Crippen molar-refractivity contribution in [3.05, 3.63) is 29.8 Å². The minimum Gasteiger partial charge on any atom is -0.494 e. The maximum atomic E-state index is 10.7. The van der Waals surface area contributed by atoms with Crippen molar-refractivity contribution in [2.24, 2.45) is 5.73 Å². The average molecular weight is 166 g/mol. The Morgan fingerprint density at radius 2 is 2.00 bits per heavy atom. The monoisotopic (exact) mass is 166 g/mol. The number of hydrogen-bond acceptors (Lipinski definition) is 2. The third-order valence-electron chi connectivity index (χ3n) is 1.45. The van der Waals surface area contributed by atoms with Crippen LogP contribution >= 0.6 is 0 Å². The molecule has 0 aliphatic heterocycles. The van der Waals surface area contributed by atoms with Gasteiger partial charge in [-0.05, 0) is 31.2 Å². The van der Waals surface area contributed by atoms with Gasteiger partial charge < -0.3 is 10.5 Å². The normalized spacial score (nSPS) is 9.42. The van der Waals surface area contributed by atoms with E-state index in [-0.39, 0.29) is 0 Å². The highest BCUT2D eigenvalue weighted by molar-refractivity contribution is 5.92. The van der Waals surface area contributed by atoms with Gasteiger partial charge in [-0.15, -0.1) is 0 Å². The second kappa shape index (κ2) is 3.76. The maximum Gasteiger partial charge on any atom is 0.248 e. The molecule has 2 N–H and O–H groups in total. The van der Waals surface area contributed by atoms with E-state index >= 15 is 0 Å². The zero-order valence-corrected chi connectivity index (χ0v) is 6.91. The van der Waals surface area contributed by atoms with E-state index in [1.54, 1.807) is 24.3 Å². The summed E-state index contributed by atoms with van der Waals surface area (Å²) in [5.41, 5.74) is 5.56. The van der Waals surface area contributed by atoms with Gasteiger partial charge in [-0.1, -0.05) is 0 Å². The highest BCUT2D eigenvalue weighted by Gasteiger charge is 1.98. The second-order valence-corrected chi connectivity index (χ2v) is 2.32. The smallest absolute Gasteiger partial charge is 0.248 e. The van der Waals surface area contributed by atoms with Crippen molar-refractivity contribution >= 4 is 5.91 Å². The van der Waals surface area contributed by atoms with Crippen LogP contribution < -0.4 is 10.5 Å². The molecule has 1 aromatic carbocycles. The molecule has 1 aromatic rings. The first-order valence-electron chi connectivity index (χ1n) is 3.76. The summed E-state index contributed by atoms with van der Waals surface area (Å²) in [6, 6.07) is 6.74. The van der Waals surface area contributed by atoms with Crippen LogP contribution in [0.1, 0.15) is 17.3 Å². The molecular weight excluding hydrogens is 155 g/mol. The summed E-state index contributed by atoms with van der Waals surface area (Å²) in [4.78, 5) is 10.7. The Bertz CT molecular complexity index is 266. The Morgan fingerprint density at radius 3 is 2.42 bits per heavy atom. The number of carbonyl (C=O) groups excluding carboxylic acids is 1. The molecule has 0 radical (unpaired) electrons. The van der Waals surface area contributed by atoms with E-state index in [2.05, 4.69) is 0 Å². The Labute approximate surface area is 71.1 Å². The first-order chi connectivity index (χ1) is 5.74. The molecule has 0 aliphatic carbocycles. The van der Waals surface area contributed by atoms with Crippen molar-refractivity contribution in [3.63, 3.8) is 0 Å². The van der Waals surface area contributed by atoms with E-state index < -0.39 is 5.91 Å². The summed E-state index contributed by atoms with van der Waals surface area (Å²) in [6.07, 6.45) is 0. The van der Waals surface area contributed by atoms with E-state index in [0.717, 1.165) is 5.75 Å². The maximum absolute atomic E-state index is 10.7. The Morgan fingerprint density at radius 1 is 1.42 bits per heavy atom. The van der Waals surface area contributed by atoms with Crippen molar-refractivity contribution in [3.8, 4) is 5.75 Å². The fraction of sp³-hybridized carbons (Fsp3) is 0.222.